The summed E-state index contributed by atoms with van der Waals surface area (Å²) in [7, 11) is 1.39. The standard InChI is InChI=1S/C23H20ClF3N4O2/c1-29-22-20(21(28)15-7-3-2-4-8-15)17(23(25,26)27)11-19(31-22)33-13-18(32)30-12-14-6-5-9-16(24)10-14/h2-11,28H,12-13H2,1H3,(H,29,31)(H,30,32). The zero-order valence-corrected chi connectivity index (χ0v) is 18.2. The molecule has 6 nitrogen and oxygen atoms in total. The van der Waals surface area contributed by atoms with Gasteiger partial charge in [0.1, 0.15) is 5.82 Å². The summed E-state index contributed by atoms with van der Waals surface area (Å²) >= 11 is 5.90. The number of rotatable bonds is 8. The van der Waals surface area contributed by atoms with Gasteiger partial charge in [-0.05, 0) is 17.7 Å². The zero-order valence-electron chi connectivity index (χ0n) is 17.5. The van der Waals surface area contributed by atoms with Gasteiger partial charge in [-0.3, -0.25) is 10.2 Å². The van der Waals surface area contributed by atoms with Crippen LogP contribution in [0.3, 0.4) is 0 Å². The highest BCUT2D eigenvalue weighted by atomic mass is 35.5. The molecule has 0 aliphatic heterocycles. The van der Waals surface area contributed by atoms with E-state index in [1.165, 1.54) is 19.2 Å². The van der Waals surface area contributed by atoms with Crippen LogP contribution in [-0.2, 0) is 17.5 Å². The number of nitrogens with zero attached hydrogens (tertiary/aromatic N) is 1. The molecule has 0 unspecified atom stereocenters. The molecule has 0 atom stereocenters. The van der Waals surface area contributed by atoms with Gasteiger partial charge in [-0.15, -0.1) is 0 Å². The van der Waals surface area contributed by atoms with E-state index in [2.05, 4.69) is 15.6 Å². The third-order valence-electron chi connectivity index (χ3n) is 4.58. The minimum Gasteiger partial charge on any atom is -0.467 e. The zero-order chi connectivity index (χ0) is 24.0. The fourth-order valence-electron chi connectivity index (χ4n) is 3.04. The topological polar surface area (TPSA) is 87.1 Å². The predicted octanol–water partition coefficient (Wildman–Crippen LogP) is 4.91. The van der Waals surface area contributed by atoms with E-state index in [0.717, 1.165) is 5.56 Å². The van der Waals surface area contributed by atoms with Crippen molar-refractivity contribution in [2.45, 2.75) is 12.7 Å². The Bertz CT molecular complexity index is 1150. The van der Waals surface area contributed by atoms with Crippen molar-refractivity contribution in [1.82, 2.24) is 10.3 Å². The van der Waals surface area contributed by atoms with Crippen molar-refractivity contribution in [3.05, 3.63) is 87.9 Å². The van der Waals surface area contributed by atoms with Gasteiger partial charge in [-0.25, -0.2) is 0 Å². The lowest BCUT2D eigenvalue weighted by Gasteiger charge is -2.19. The van der Waals surface area contributed by atoms with Crippen molar-refractivity contribution in [2.75, 3.05) is 19.0 Å². The monoisotopic (exact) mass is 476 g/mol. The van der Waals surface area contributed by atoms with Gasteiger partial charge in [0.05, 0.1) is 16.8 Å². The molecule has 0 saturated heterocycles. The second kappa shape index (κ2) is 10.4. The molecule has 0 radical (unpaired) electrons. The van der Waals surface area contributed by atoms with E-state index in [-0.39, 0.29) is 18.1 Å². The Kier molecular flexibility index (Phi) is 7.55. The smallest absolute Gasteiger partial charge is 0.417 e. The normalized spacial score (nSPS) is 11.1. The minimum absolute atomic E-state index is 0.179. The van der Waals surface area contributed by atoms with Crippen molar-refractivity contribution in [1.29, 1.82) is 5.41 Å². The molecule has 0 spiro atoms. The number of ether oxygens (including phenoxy) is 1. The third-order valence-corrected chi connectivity index (χ3v) is 4.82. The quantitative estimate of drug-likeness (QED) is 0.403. The van der Waals surface area contributed by atoms with Crippen molar-refractivity contribution < 1.29 is 22.7 Å². The van der Waals surface area contributed by atoms with Crippen LogP contribution in [0.25, 0.3) is 0 Å². The Balaban J connectivity index is 1.80. The van der Waals surface area contributed by atoms with Gasteiger partial charge in [0.15, 0.2) is 6.61 Å². The number of anilines is 1. The van der Waals surface area contributed by atoms with Crippen LogP contribution in [0.1, 0.15) is 22.3 Å². The minimum atomic E-state index is -4.78. The summed E-state index contributed by atoms with van der Waals surface area (Å²) in [5.74, 6) is -1.13. The maximum absolute atomic E-state index is 13.9. The molecule has 1 amide bonds. The number of hydrogen-bond donors (Lipinski definition) is 3. The van der Waals surface area contributed by atoms with Crippen LogP contribution < -0.4 is 15.4 Å². The Morgan fingerprint density at radius 3 is 2.48 bits per heavy atom. The SMILES string of the molecule is CNc1nc(OCC(=O)NCc2cccc(Cl)c2)cc(C(F)(F)F)c1C(=N)c1ccccc1. The van der Waals surface area contributed by atoms with Crippen molar-refractivity contribution in [2.24, 2.45) is 0 Å². The first-order valence-corrected chi connectivity index (χ1v) is 10.1. The second-order valence-corrected chi connectivity index (χ2v) is 7.35. The van der Waals surface area contributed by atoms with E-state index < -0.39 is 35.7 Å². The third kappa shape index (κ3) is 6.23. The molecule has 2 aromatic carbocycles. The number of carbonyl (C=O) groups excluding carboxylic acids is 1. The van der Waals surface area contributed by atoms with Gasteiger partial charge in [-0.1, -0.05) is 54.1 Å². The molecule has 0 saturated carbocycles. The summed E-state index contributed by atoms with van der Waals surface area (Å²) in [6.45, 7) is -0.359. The highest BCUT2D eigenvalue weighted by Crippen LogP contribution is 2.37. The molecule has 10 heteroatoms. The van der Waals surface area contributed by atoms with Gasteiger partial charge >= 0.3 is 6.18 Å². The lowest BCUT2D eigenvalue weighted by atomic mass is 9.98. The Labute approximate surface area is 193 Å². The van der Waals surface area contributed by atoms with E-state index in [1.54, 1.807) is 42.5 Å². The summed E-state index contributed by atoms with van der Waals surface area (Å²) in [5.41, 5.74) is -0.783. The van der Waals surface area contributed by atoms with Crippen LogP contribution in [0.2, 0.25) is 5.02 Å². The predicted molar refractivity (Wildman–Crippen MR) is 120 cm³/mol. The maximum Gasteiger partial charge on any atom is 0.417 e. The lowest BCUT2D eigenvalue weighted by molar-refractivity contribution is -0.137. The molecular formula is C23H20ClF3N4O2. The number of benzene rings is 2. The summed E-state index contributed by atoms with van der Waals surface area (Å²) in [6, 6.07) is 15.6. The van der Waals surface area contributed by atoms with Crippen LogP contribution >= 0.6 is 11.6 Å². The van der Waals surface area contributed by atoms with Crippen LogP contribution in [0, 0.1) is 5.41 Å². The van der Waals surface area contributed by atoms with Gasteiger partial charge in [0.25, 0.3) is 5.91 Å². The molecule has 0 bridgehead atoms. The molecule has 33 heavy (non-hydrogen) atoms. The summed E-state index contributed by atoms with van der Waals surface area (Å²) in [5, 5.41) is 14.0. The van der Waals surface area contributed by atoms with E-state index in [0.29, 0.717) is 16.7 Å². The number of pyridine rings is 1. The molecule has 0 aliphatic rings. The molecule has 172 valence electrons. The highest BCUT2D eigenvalue weighted by molar-refractivity contribution is 6.30. The molecule has 0 fully saturated rings. The first-order valence-electron chi connectivity index (χ1n) is 9.77. The molecule has 1 heterocycles. The van der Waals surface area contributed by atoms with Crippen molar-refractivity contribution in [3.63, 3.8) is 0 Å². The lowest BCUT2D eigenvalue weighted by Crippen LogP contribution is -2.28. The van der Waals surface area contributed by atoms with Crippen LogP contribution in [0.4, 0.5) is 19.0 Å². The molecule has 3 aromatic rings. The van der Waals surface area contributed by atoms with Crippen LogP contribution in [-0.4, -0.2) is 30.3 Å². The van der Waals surface area contributed by atoms with E-state index in [4.69, 9.17) is 21.7 Å². The number of aromatic nitrogens is 1. The Morgan fingerprint density at radius 2 is 1.85 bits per heavy atom. The first-order chi connectivity index (χ1) is 15.7. The number of halogens is 4. The first kappa shape index (κ1) is 24.1. The van der Waals surface area contributed by atoms with Crippen molar-refractivity contribution >= 4 is 29.0 Å². The van der Waals surface area contributed by atoms with Gasteiger partial charge in [0, 0.05) is 30.2 Å². The van der Waals surface area contributed by atoms with Crippen LogP contribution in [0.15, 0.2) is 60.7 Å². The molecule has 1 aromatic heterocycles. The number of carbonyl (C=O) groups is 1. The fourth-order valence-corrected chi connectivity index (χ4v) is 3.25. The van der Waals surface area contributed by atoms with E-state index >= 15 is 0 Å². The summed E-state index contributed by atoms with van der Waals surface area (Å²) in [4.78, 5) is 16.1. The molecule has 0 aliphatic carbocycles. The highest BCUT2D eigenvalue weighted by Gasteiger charge is 2.37. The molecule has 3 N–H and O–H groups in total. The largest absolute Gasteiger partial charge is 0.467 e. The average Bonchev–Trinajstić information content (AvgIpc) is 2.80. The number of alkyl halides is 3. The van der Waals surface area contributed by atoms with Gasteiger partial charge < -0.3 is 15.4 Å². The molecular weight excluding hydrogens is 457 g/mol. The molecule has 3 rings (SSSR count). The Hall–Kier alpha value is -3.59. The number of nitrogens with one attached hydrogen (secondary N) is 3. The maximum atomic E-state index is 13.9. The fraction of sp³-hybridized carbons (Fsp3) is 0.174. The second-order valence-electron chi connectivity index (χ2n) is 6.92. The van der Waals surface area contributed by atoms with Crippen LogP contribution in [0.5, 0.6) is 5.88 Å². The van der Waals surface area contributed by atoms with E-state index in [9.17, 15) is 18.0 Å². The Morgan fingerprint density at radius 1 is 1.12 bits per heavy atom. The van der Waals surface area contributed by atoms with Gasteiger partial charge in [-0.2, -0.15) is 18.2 Å². The van der Waals surface area contributed by atoms with Gasteiger partial charge in [0.2, 0.25) is 5.88 Å². The summed E-state index contributed by atoms with van der Waals surface area (Å²) < 4.78 is 46.8. The summed E-state index contributed by atoms with van der Waals surface area (Å²) in [6.07, 6.45) is -4.78. The number of amides is 1. The average molecular weight is 477 g/mol. The van der Waals surface area contributed by atoms with Crippen molar-refractivity contribution in [3.8, 4) is 5.88 Å². The number of hydrogen-bond acceptors (Lipinski definition) is 5. The van der Waals surface area contributed by atoms with E-state index in [1.807, 2.05) is 0 Å².